The Labute approximate surface area is 107 Å². The molecule has 2 aromatic rings. The van der Waals surface area contributed by atoms with Crippen molar-refractivity contribution in [3.63, 3.8) is 0 Å². The average molecular weight is 292 g/mol. The van der Waals surface area contributed by atoms with Gasteiger partial charge in [0.25, 0.3) is 0 Å². The molecule has 17 heavy (non-hydrogen) atoms. The minimum absolute atomic E-state index is 0.786. The van der Waals surface area contributed by atoms with Crippen molar-refractivity contribution in [2.24, 2.45) is 10.3 Å². The molecule has 0 amide bonds. The molecule has 0 aliphatic rings. The van der Waals surface area contributed by atoms with Gasteiger partial charge in [0.15, 0.2) is 0 Å². The maximum Gasteiger partial charge on any atom is 0.115 e. The summed E-state index contributed by atoms with van der Waals surface area (Å²) in [4.78, 5) is 7.82. The van der Waals surface area contributed by atoms with E-state index in [0.717, 1.165) is 15.8 Å². The number of hydrogen-bond donors (Lipinski definition) is 0. The van der Waals surface area contributed by atoms with E-state index in [1.54, 1.807) is 24.5 Å². The highest BCUT2D eigenvalue weighted by molar-refractivity contribution is 9.10. The Hall–Kier alpha value is -1.82. The van der Waals surface area contributed by atoms with Gasteiger partial charge in [-0.25, -0.2) is 15.0 Å². The van der Waals surface area contributed by atoms with Gasteiger partial charge in [0, 0.05) is 11.5 Å². The first-order valence-corrected chi connectivity index (χ1v) is 5.71. The summed E-state index contributed by atoms with van der Waals surface area (Å²) < 4.78 is 1.02. The van der Waals surface area contributed by atoms with Crippen molar-refractivity contribution in [2.45, 2.75) is 0 Å². The molecule has 0 atom stereocenters. The van der Waals surface area contributed by atoms with Crippen LogP contribution in [0.4, 0.5) is 11.4 Å². The highest BCUT2D eigenvalue weighted by Gasteiger charge is 1.98. The first-order valence-electron chi connectivity index (χ1n) is 4.91. The van der Waals surface area contributed by atoms with E-state index in [4.69, 9.17) is 0 Å². The SMILES string of the molecule is CN(N=Nc1ccc(Br)cc1)c1cncnc1. The molecule has 0 N–H and O–H groups in total. The number of aromatic nitrogens is 2. The lowest BCUT2D eigenvalue weighted by Gasteiger charge is -2.08. The van der Waals surface area contributed by atoms with Crippen molar-refractivity contribution in [1.82, 2.24) is 9.97 Å². The lowest BCUT2D eigenvalue weighted by atomic mass is 10.3. The molecule has 0 aliphatic carbocycles. The second-order valence-electron chi connectivity index (χ2n) is 3.29. The molecule has 1 heterocycles. The predicted molar refractivity (Wildman–Crippen MR) is 69.1 cm³/mol. The van der Waals surface area contributed by atoms with Gasteiger partial charge < -0.3 is 0 Å². The summed E-state index contributed by atoms with van der Waals surface area (Å²) in [6, 6.07) is 7.59. The third-order valence-corrected chi connectivity index (χ3v) is 2.57. The molecule has 0 fully saturated rings. The Morgan fingerprint density at radius 2 is 1.76 bits per heavy atom. The fraction of sp³-hybridized carbons (Fsp3) is 0.0909. The second kappa shape index (κ2) is 5.49. The predicted octanol–water partition coefficient (Wildman–Crippen LogP) is 3.37. The van der Waals surface area contributed by atoms with Crippen molar-refractivity contribution in [2.75, 3.05) is 12.1 Å². The highest BCUT2D eigenvalue weighted by Crippen LogP contribution is 2.18. The molecule has 0 saturated carbocycles. The van der Waals surface area contributed by atoms with E-state index >= 15 is 0 Å². The smallest absolute Gasteiger partial charge is 0.115 e. The molecule has 0 spiro atoms. The quantitative estimate of drug-likeness (QED) is 0.643. The van der Waals surface area contributed by atoms with Crippen LogP contribution in [-0.4, -0.2) is 17.0 Å². The average Bonchev–Trinajstić information content (AvgIpc) is 2.39. The zero-order chi connectivity index (χ0) is 12.1. The van der Waals surface area contributed by atoms with Gasteiger partial charge in [-0.3, -0.25) is 0 Å². The van der Waals surface area contributed by atoms with E-state index in [-0.39, 0.29) is 0 Å². The maximum atomic E-state index is 4.10. The Bertz CT molecular complexity index is 497. The van der Waals surface area contributed by atoms with Gasteiger partial charge >= 0.3 is 0 Å². The standard InChI is InChI=1S/C11H10BrN5/c1-17(11-6-13-8-14-7-11)16-15-10-4-2-9(12)3-5-10/h2-8H,1H3. The lowest BCUT2D eigenvalue weighted by molar-refractivity contribution is 0.910. The van der Waals surface area contributed by atoms with E-state index < -0.39 is 0 Å². The second-order valence-corrected chi connectivity index (χ2v) is 4.20. The van der Waals surface area contributed by atoms with E-state index in [1.165, 1.54) is 6.33 Å². The van der Waals surface area contributed by atoms with Gasteiger partial charge in [-0.1, -0.05) is 21.2 Å². The Morgan fingerprint density at radius 1 is 1.12 bits per heavy atom. The van der Waals surface area contributed by atoms with Crippen molar-refractivity contribution in [3.8, 4) is 0 Å². The van der Waals surface area contributed by atoms with Crippen LogP contribution in [0.1, 0.15) is 0 Å². The topological polar surface area (TPSA) is 53.7 Å². The molecule has 1 aromatic carbocycles. The van der Waals surface area contributed by atoms with E-state index in [9.17, 15) is 0 Å². The molecule has 2 rings (SSSR count). The fourth-order valence-corrected chi connectivity index (χ4v) is 1.40. The zero-order valence-corrected chi connectivity index (χ0v) is 10.7. The molecule has 0 radical (unpaired) electrons. The monoisotopic (exact) mass is 291 g/mol. The van der Waals surface area contributed by atoms with Gasteiger partial charge in [-0.05, 0) is 24.3 Å². The molecular weight excluding hydrogens is 282 g/mol. The minimum Gasteiger partial charge on any atom is -0.247 e. The largest absolute Gasteiger partial charge is 0.247 e. The summed E-state index contributed by atoms with van der Waals surface area (Å²) in [7, 11) is 1.79. The van der Waals surface area contributed by atoms with Gasteiger partial charge in [-0.15, -0.1) is 5.11 Å². The molecule has 5 nitrogen and oxygen atoms in total. The normalized spacial score (nSPS) is 10.7. The molecule has 0 bridgehead atoms. The van der Waals surface area contributed by atoms with Crippen LogP contribution in [0.15, 0.2) is 57.8 Å². The summed E-state index contributed by atoms with van der Waals surface area (Å²) in [5.74, 6) is 0. The zero-order valence-electron chi connectivity index (χ0n) is 9.16. The Balaban J connectivity index is 2.08. The third kappa shape index (κ3) is 3.32. The molecule has 1 aromatic heterocycles. The van der Waals surface area contributed by atoms with Crippen LogP contribution in [0.2, 0.25) is 0 Å². The minimum atomic E-state index is 0.786. The van der Waals surface area contributed by atoms with E-state index in [2.05, 4.69) is 36.2 Å². The summed E-state index contributed by atoms with van der Waals surface area (Å²) in [6.45, 7) is 0. The van der Waals surface area contributed by atoms with Gasteiger partial charge in [0.1, 0.15) is 6.33 Å². The number of halogens is 1. The molecule has 0 unspecified atom stereocenters. The molecule has 86 valence electrons. The Morgan fingerprint density at radius 3 is 2.41 bits per heavy atom. The number of rotatable bonds is 3. The number of benzene rings is 1. The maximum absolute atomic E-state index is 4.10. The van der Waals surface area contributed by atoms with Crippen molar-refractivity contribution < 1.29 is 0 Å². The summed E-state index contributed by atoms with van der Waals surface area (Å²) in [5, 5.41) is 9.77. The van der Waals surface area contributed by atoms with Gasteiger partial charge in [-0.2, -0.15) is 0 Å². The molecule has 6 heteroatoms. The van der Waals surface area contributed by atoms with Crippen LogP contribution in [0, 0.1) is 0 Å². The highest BCUT2D eigenvalue weighted by atomic mass is 79.9. The van der Waals surface area contributed by atoms with Crippen LogP contribution in [0.3, 0.4) is 0 Å². The van der Waals surface area contributed by atoms with Crippen LogP contribution >= 0.6 is 15.9 Å². The summed E-state index contributed by atoms with van der Waals surface area (Å²) >= 11 is 3.36. The Kier molecular flexibility index (Phi) is 3.77. The molecule has 0 saturated heterocycles. The summed E-state index contributed by atoms with van der Waals surface area (Å²) in [5.41, 5.74) is 1.57. The van der Waals surface area contributed by atoms with Crippen molar-refractivity contribution in [1.29, 1.82) is 0 Å². The van der Waals surface area contributed by atoms with Crippen LogP contribution in [0.25, 0.3) is 0 Å². The third-order valence-electron chi connectivity index (χ3n) is 2.04. The first kappa shape index (κ1) is 11.7. The molecule has 0 aliphatic heterocycles. The van der Waals surface area contributed by atoms with Gasteiger partial charge in [0.2, 0.25) is 0 Å². The van der Waals surface area contributed by atoms with E-state index in [0.29, 0.717) is 0 Å². The van der Waals surface area contributed by atoms with E-state index in [1.807, 2.05) is 24.3 Å². The van der Waals surface area contributed by atoms with Crippen LogP contribution in [-0.2, 0) is 0 Å². The van der Waals surface area contributed by atoms with Crippen molar-refractivity contribution in [3.05, 3.63) is 47.5 Å². The first-order chi connectivity index (χ1) is 8.25. The summed E-state index contributed by atoms with van der Waals surface area (Å²) in [6.07, 6.45) is 4.82. The number of anilines is 1. The number of nitrogens with zero attached hydrogens (tertiary/aromatic N) is 5. The fourth-order valence-electron chi connectivity index (χ4n) is 1.14. The lowest BCUT2D eigenvalue weighted by Crippen LogP contribution is -2.07. The number of hydrogen-bond acceptors (Lipinski definition) is 4. The van der Waals surface area contributed by atoms with Crippen molar-refractivity contribution >= 4 is 27.3 Å². The van der Waals surface area contributed by atoms with Crippen LogP contribution in [0.5, 0.6) is 0 Å². The van der Waals surface area contributed by atoms with Gasteiger partial charge in [0.05, 0.1) is 23.8 Å². The van der Waals surface area contributed by atoms with Crippen LogP contribution < -0.4 is 5.01 Å². The molecular formula is C11H10BrN5.